The molecule has 0 aliphatic rings. The van der Waals surface area contributed by atoms with E-state index >= 15 is 0 Å². The van der Waals surface area contributed by atoms with E-state index in [4.69, 9.17) is 18.9 Å². The molecule has 1 N–H and O–H groups in total. The Balaban J connectivity index is 1.38. The topological polar surface area (TPSA) is 57.2 Å². The molecule has 0 spiro atoms. The van der Waals surface area contributed by atoms with Crippen LogP contribution in [-0.4, -0.2) is 12.2 Å². The van der Waals surface area contributed by atoms with Gasteiger partial charge in [-0.05, 0) is 73.1 Å². The van der Waals surface area contributed by atoms with Crippen LogP contribution in [0.3, 0.4) is 0 Å². The van der Waals surface area contributed by atoms with E-state index in [1.165, 1.54) is 0 Å². The number of aliphatic hydroxyl groups excluding tert-OH is 1. The second-order valence-corrected chi connectivity index (χ2v) is 11.3. The molecular weight excluding hydrogens is 560 g/mol. The molecule has 5 aromatic carbocycles. The molecule has 0 heterocycles. The van der Waals surface area contributed by atoms with Crippen LogP contribution in [0.15, 0.2) is 109 Å². The van der Waals surface area contributed by atoms with Crippen molar-refractivity contribution < 1.29 is 24.1 Å². The summed E-state index contributed by atoms with van der Waals surface area (Å²) in [6.07, 6.45) is 0.289. The summed E-state index contributed by atoms with van der Waals surface area (Å²) in [4.78, 5) is 0. The van der Waals surface area contributed by atoms with Crippen molar-refractivity contribution in [3.8, 4) is 23.0 Å². The molecule has 0 fully saturated rings. The summed E-state index contributed by atoms with van der Waals surface area (Å²) in [5.41, 5.74) is 7.88. The highest BCUT2D eigenvalue weighted by Gasteiger charge is 2.25. The SMILES string of the molecule is COc1c(C)c(C)c(OCc2ccccc2)c(C(O)CCc2ccc(OCc3ccccc3)cc2OCc2ccccc2)c1C. The van der Waals surface area contributed by atoms with Gasteiger partial charge in [-0.3, -0.25) is 0 Å². The van der Waals surface area contributed by atoms with Crippen LogP contribution >= 0.6 is 0 Å². The molecule has 232 valence electrons. The fourth-order valence-electron chi connectivity index (χ4n) is 5.62. The molecule has 0 radical (unpaired) electrons. The molecule has 5 aromatic rings. The lowest BCUT2D eigenvalue weighted by atomic mass is 9.91. The molecule has 0 aliphatic heterocycles. The molecule has 0 aliphatic carbocycles. The number of hydrogen-bond donors (Lipinski definition) is 1. The second kappa shape index (κ2) is 15.3. The highest BCUT2D eigenvalue weighted by molar-refractivity contribution is 5.59. The molecule has 5 rings (SSSR count). The van der Waals surface area contributed by atoms with Crippen molar-refractivity contribution >= 4 is 0 Å². The third kappa shape index (κ3) is 8.05. The second-order valence-electron chi connectivity index (χ2n) is 11.3. The van der Waals surface area contributed by atoms with Crippen LogP contribution in [-0.2, 0) is 26.2 Å². The highest BCUT2D eigenvalue weighted by atomic mass is 16.5. The van der Waals surface area contributed by atoms with E-state index in [1.807, 2.05) is 130 Å². The fourth-order valence-corrected chi connectivity index (χ4v) is 5.62. The van der Waals surface area contributed by atoms with Crippen LogP contribution in [0, 0.1) is 20.8 Å². The van der Waals surface area contributed by atoms with Gasteiger partial charge in [0.1, 0.15) is 42.8 Å². The molecule has 5 nitrogen and oxygen atoms in total. The van der Waals surface area contributed by atoms with E-state index in [1.54, 1.807) is 7.11 Å². The summed E-state index contributed by atoms with van der Waals surface area (Å²) in [5, 5.41) is 11.7. The van der Waals surface area contributed by atoms with Gasteiger partial charge < -0.3 is 24.1 Å². The van der Waals surface area contributed by atoms with Crippen LogP contribution in [0.4, 0.5) is 0 Å². The van der Waals surface area contributed by atoms with Crippen molar-refractivity contribution in [1.29, 1.82) is 0 Å². The number of methoxy groups -OCH3 is 1. The number of aliphatic hydroxyl groups is 1. The van der Waals surface area contributed by atoms with Gasteiger partial charge in [0.25, 0.3) is 0 Å². The number of aryl methyl sites for hydroxylation is 1. The molecule has 0 saturated heterocycles. The van der Waals surface area contributed by atoms with Crippen LogP contribution in [0.2, 0.25) is 0 Å². The average Bonchev–Trinajstić information content (AvgIpc) is 3.08. The minimum Gasteiger partial charge on any atom is -0.496 e. The Morgan fingerprint density at radius 3 is 1.64 bits per heavy atom. The van der Waals surface area contributed by atoms with E-state index in [2.05, 4.69) is 0 Å². The van der Waals surface area contributed by atoms with Crippen LogP contribution < -0.4 is 18.9 Å². The third-order valence-corrected chi connectivity index (χ3v) is 8.21. The van der Waals surface area contributed by atoms with Crippen molar-refractivity contribution in [3.63, 3.8) is 0 Å². The molecule has 5 heteroatoms. The van der Waals surface area contributed by atoms with E-state index in [9.17, 15) is 5.11 Å². The maximum absolute atomic E-state index is 11.7. The lowest BCUT2D eigenvalue weighted by Crippen LogP contribution is -2.11. The summed E-state index contributed by atoms with van der Waals surface area (Å²) in [6, 6.07) is 36.2. The van der Waals surface area contributed by atoms with Crippen LogP contribution in [0.1, 0.15) is 57.0 Å². The Labute approximate surface area is 267 Å². The zero-order chi connectivity index (χ0) is 31.6. The Morgan fingerprint density at radius 2 is 1.09 bits per heavy atom. The lowest BCUT2D eigenvalue weighted by molar-refractivity contribution is 0.158. The molecule has 45 heavy (non-hydrogen) atoms. The van der Waals surface area contributed by atoms with Gasteiger partial charge in [-0.2, -0.15) is 0 Å². The Hall–Kier alpha value is -4.74. The number of ether oxygens (including phenoxy) is 4. The zero-order valence-electron chi connectivity index (χ0n) is 26.6. The highest BCUT2D eigenvalue weighted by Crippen LogP contribution is 2.42. The maximum Gasteiger partial charge on any atom is 0.129 e. The average molecular weight is 603 g/mol. The molecule has 1 unspecified atom stereocenters. The molecule has 0 aromatic heterocycles. The minimum atomic E-state index is -0.778. The first-order chi connectivity index (χ1) is 21.9. The van der Waals surface area contributed by atoms with Gasteiger partial charge in [-0.25, -0.2) is 0 Å². The Morgan fingerprint density at radius 1 is 0.578 bits per heavy atom. The van der Waals surface area contributed by atoms with Crippen molar-refractivity contribution in [2.75, 3.05) is 7.11 Å². The van der Waals surface area contributed by atoms with E-state index in [0.29, 0.717) is 38.4 Å². The largest absolute Gasteiger partial charge is 0.496 e. The molecule has 0 bridgehead atoms. The third-order valence-electron chi connectivity index (χ3n) is 8.21. The van der Waals surface area contributed by atoms with Crippen LogP contribution in [0.5, 0.6) is 23.0 Å². The van der Waals surface area contributed by atoms with Crippen molar-refractivity contribution in [2.24, 2.45) is 0 Å². The smallest absolute Gasteiger partial charge is 0.129 e. The quantitative estimate of drug-likeness (QED) is 0.137. The van der Waals surface area contributed by atoms with E-state index in [0.717, 1.165) is 61.8 Å². The summed E-state index contributed by atoms with van der Waals surface area (Å²) < 4.78 is 24.7. The van der Waals surface area contributed by atoms with Crippen molar-refractivity contribution in [3.05, 3.63) is 154 Å². The van der Waals surface area contributed by atoms with Gasteiger partial charge in [-0.1, -0.05) is 97.1 Å². The summed E-state index contributed by atoms with van der Waals surface area (Å²) in [7, 11) is 1.67. The van der Waals surface area contributed by atoms with E-state index in [-0.39, 0.29) is 0 Å². The first kappa shape index (κ1) is 31.7. The zero-order valence-corrected chi connectivity index (χ0v) is 26.6. The van der Waals surface area contributed by atoms with E-state index < -0.39 is 6.10 Å². The van der Waals surface area contributed by atoms with Gasteiger partial charge in [0.15, 0.2) is 0 Å². The maximum atomic E-state index is 11.7. The number of hydrogen-bond acceptors (Lipinski definition) is 5. The predicted octanol–water partition coefficient (Wildman–Crippen LogP) is 9.02. The minimum absolute atomic E-state index is 0.411. The molecule has 0 amide bonds. The molecular formula is C40H42O5. The normalized spacial score (nSPS) is 11.6. The molecule has 0 saturated carbocycles. The first-order valence-corrected chi connectivity index (χ1v) is 15.4. The van der Waals surface area contributed by atoms with Gasteiger partial charge >= 0.3 is 0 Å². The van der Waals surface area contributed by atoms with Gasteiger partial charge in [-0.15, -0.1) is 0 Å². The predicted molar refractivity (Wildman–Crippen MR) is 179 cm³/mol. The van der Waals surface area contributed by atoms with Gasteiger partial charge in [0, 0.05) is 17.2 Å². The fraction of sp³-hybridized carbons (Fsp3) is 0.250. The Bertz CT molecular complexity index is 1670. The molecule has 1 atom stereocenters. The number of benzene rings is 5. The van der Waals surface area contributed by atoms with Crippen LogP contribution in [0.25, 0.3) is 0 Å². The Kier molecular flexibility index (Phi) is 10.8. The summed E-state index contributed by atoms with van der Waals surface area (Å²) >= 11 is 0. The van der Waals surface area contributed by atoms with Gasteiger partial charge in [0.2, 0.25) is 0 Å². The summed E-state index contributed by atoms with van der Waals surface area (Å²) in [6.45, 7) is 7.36. The first-order valence-electron chi connectivity index (χ1n) is 15.4. The number of rotatable bonds is 14. The van der Waals surface area contributed by atoms with Crippen molar-refractivity contribution in [1.82, 2.24) is 0 Å². The monoisotopic (exact) mass is 602 g/mol. The van der Waals surface area contributed by atoms with Gasteiger partial charge in [0.05, 0.1) is 13.2 Å². The van der Waals surface area contributed by atoms with Crippen molar-refractivity contribution in [2.45, 2.75) is 59.5 Å². The lowest BCUT2D eigenvalue weighted by Gasteiger charge is -2.25. The standard InChI is InChI=1S/C40H42O5/c1-28-29(2)40(45-27-33-18-12-7-13-19-33)38(30(3)39(28)42-4)36(41)23-21-34-20-22-35(43-25-31-14-8-5-9-15-31)24-37(34)44-26-32-16-10-6-11-17-32/h5-20,22,24,36,41H,21,23,25-27H2,1-4H3. The summed E-state index contributed by atoms with van der Waals surface area (Å²) in [5.74, 6) is 2.97.